The van der Waals surface area contributed by atoms with Crippen LogP contribution in [0.3, 0.4) is 0 Å². The molecule has 25 heavy (non-hydrogen) atoms. The normalized spacial score (nSPS) is 19.0. The van der Waals surface area contributed by atoms with E-state index in [1.165, 1.54) is 39.8 Å². The van der Waals surface area contributed by atoms with Crippen LogP contribution in [0.4, 0.5) is 5.69 Å². The lowest BCUT2D eigenvalue weighted by molar-refractivity contribution is -0.117. The van der Waals surface area contributed by atoms with E-state index in [9.17, 15) is 13.2 Å². The summed E-state index contributed by atoms with van der Waals surface area (Å²) in [5, 5.41) is 2.79. The highest BCUT2D eigenvalue weighted by Crippen LogP contribution is 2.28. The molecule has 1 aliphatic heterocycles. The number of likely N-dealkylation sites (tertiary alicyclic amines) is 1. The highest BCUT2D eigenvalue weighted by Gasteiger charge is 2.22. The number of nitrogens with zero attached hydrogens (tertiary/aromatic N) is 2. The van der Waals surface area contributed by atoms with Crippen molar-refractivity contribution < 1.29 is 17.9 Å². The number of anilines is 1. The first-order valence-electron chi connectivity index (χ1n) is 8.37. The van der Waals surface area contributed by atoms with Crippen molar-refractivity contribution in [2.24, 2.45) is 5.92 Å². The van der Waals surface area contributed by atoms with Crippen molar-refractivity contribution in [2.75, 3.05) is 46.2 Å². The molecule has 0 saturated carbocycles. The van der Waals surface area contributed by atoms with E-state index in [4.69, 9.17) is 4.74 Å². The average molecular weight is 369 g/mol. The number of hydrogen-bond donors (Lipinski definition) is 1. The molecule has 0 aromatic heterocycles. The Balaban J connectivity index is 2.15. The number of benzene rings is 1. The fraction of sp³-hybridized carbons (Fsp3) is 0.588. The van der Waals surface area contributed by atoms with Gasteiger partial charge in [-0.3, -0.25) is 9.69 Å². The highest BCUT2D eigenvalue weighted by atomic mass is 32.2. The summed E-state index contributed by atoms with van der Waals surface area (Å²) in [5.41, 5.74) is 0.362. The van der Waals surface area contributed by atoms with Gasteiger partial charge in [-0.25, -0.2) is 12.7 Å². The fourth-order valence-corrected chi connectivity index (χ4v) is 3.91. The Morgan fingerprint density at radius 2 is 2.12 bits per heavy atom. The standard InChI is InChI=1S/C17H27N3O4S/c1-13-6-5-9-20(11-13)12-17(21)18-15-10-14(7-8-16(15)24-4)25(22,23)19(2)3/h7-8,10,13H,5-6,9,11-12H2,1-4H3,(H,18,21)/t13-/m1/s1. The van der Waals surface area contributed by atoms with Crippen LogP contribution >= 0.6 is 0 Å². The van der Waals surface area contributed by atoms with Gasteiger partial charge in [0.15, 0.2) is 0 Å². The van der Waals surface area contributed by atoms with E-state index in [-0.39, 0.29) is 17.3 Å². The van der Waals surface area contributed by atoms with Gasteiger partial charge >= 0.3 is 0 Å². The van der Waals surface area contributed by atoms with Gasteiger partial charge in [0, 0.05) is 20.6 Å². The van der Waals surface area contributed by atoms with Crippen LogP contribution in [0.2, 0.25) is 0 Å². The van der Waals surface area contributed by atoms with Gasteiger partial charge in [-0.1, -0.05) is 6.92 Å². The molecule has 2 rings (SSSR count). The summed E-state index contributed by atoms with van der Waals surface area (Å²) >= 11 is 0. The van der Waals surface area contributed by atoms with Gasteiger partial charge in [-0.2, -0.15) is 0 Å². The number of carbonyl (C=O) groups excluding carboxylic acids is 1. The predicted molar refractivity (Wildman–Crippen MR) is 97.3 cm³/mol. The fourth-order valence-electron chi connectivity index (χ4n) is 2.98. The minimum atomic E-state index is -3.58. The summed E-state index contributed by atoms with van der Waals surface area (Å²) in [5.74, 6) is 0.842. The molecule has 0 unspecified atom stereocenters. The predicted octanol–water partition coefficient (Wildman–Crippen LogP) is 1.62. The molecule has 0 radical (unpaired) electrons. The second-order valence-electron chi connectivity index (χ2n) is 6.68. The summed E-state index contributed by atoms with van der Waals surface area (Å²) in [6.45, 7) is 4.28. The summed E-state index contributed by atoms with van der Waals surface area (Å²) in [6, 6.07) is 4.45. The molecular formula is C17H27N3O4S. The highest BCUT2D eigenvalue weighted by molar-refractivity contribution is 7.89. The number of carbonyl (C=O) groups is 1. The third-order valence-corrected chi connectivity index (χ3v) is 6.14. The Hall–Kier alpha value is -1.64. The van der Waals surface area contributed by atoms with Crippen LogP contribution in [0, 0.1) is 5.92 Å². The molecule has 1 aromatic rings. The maximum absolute atomic E-state index is 12.4. The molecule has 1 aliphatic rings. The summed E-state index contributed by atoms with van der Waals surface area (Å²) < 4.78 is 31.0. The quantitative estimate of drug-likeness (QED) is 0.824. The van der Waals surface area contributed by atoms with Crippen LogP contribution in [0.15, 0.2) is 23.1 Å². The Bertz CT molecular complexity index is 719. The zero-order chi connectivity index (χ0) is 18.6. The van der Waals surface area contributed by atoms with Crippen LogP contribution in [0.1, 0.15) is 19.8 Å². The third kappa shape index (κ3) is 4.93. The van der Waals surface area contributed by atoms with Crippen LogP contribution in [-0.4, -0.2) is 64.4 Å². The summed E-state index contributed by atoms with van der Waals surface area (Å²) in [7, 11) is 0.840. The van der Waals surface area contributed by atoms with Crippen LogP contribution in [0.25, 0.3) is 0 Å². The minimum Gasteiger partial charge on any atom is -0.495 e. The van der Waals surface area contributed by atoms with Crippen LogP contribution in [0.5, 0.6) is 5.75 Å². The zero-order valence-corrected chi connectivity index (χ0v) is 16.1. The maximum Gasteiger partial charge on any atom is 0.242 e. The lowest BCUT2D eigenvalue weighted by Gasteiger charge is -2.30. The summed E-state index contributed by atoms with van der Waals surface area (Å²) in [4.78, 5) is 14.6. The van der Waals surface area contributed by atoms with Crippen molar-refractivity contribution in [1.29, 1.82) is 0 Å². The molecule has 8 heteroatoms. The molecule has 7 nitrogen and oxygen atoms in total. The Kier molecular flexibility index (Phi) is 6.42. The Morgan fingerprint density at radius 3 is 2.72 bits per heavy atom. The molecule has 1 atom stereocenters. The second-order valence-corrected chi connectivity index (χ2v) is 8.83. The van der Waals surface area contributed by atoms with Gasteiger partial charge in [0.2, 0.25) is 15.9 Å². The summed E-state index contributed by atoms with van der Waals surface area (Å²) in [6.07, 6.45) is 2.28. The molecule has 1 amide bonds. The second kappa shape index (κ2) is 8.16. The van der Waals surface area contributed by atoms with Crippen molar-refractivity contribution in [2.45, 2.75) is 24.7 Å². The molecule has 1 aromatic carbocycles. The van der Waals surface area contributed by atoms with Crippen LogP contribution < -0.4 is 10.1 Å². The number of hydrogen-bond acceptors (Lipinski definition) is 5. The number of piperidine rings is 1. The molecule has 1 fully saturated rings. The third-order valence-electron chi connectivity index (χ3n) is 4.33. The van der Waals surface area contributed by atoms with Gasteiger partial charge in [-0.05, 0) is 43.5 Å². The van der Waals surface area contributed by atoms with E-state index in [2.05, 4.69) is 17.1 Å². The molecular weight excluding hydrogens is 342 g/mol. The SMILES string of the molecule is COc1ccc(S(=O)(=O)N(C)C)cc1NC(=O)CN1CCC[C@@H](C)C1. The largest absolute Gasteiger partial charge is 0.495 e. The number of ether oxygens (including phenoxy) is 1. The molecule has 0 bridgehead atoms. The van der Waals surface area contributed by atoms with E-state index >= 15 is 0 Å². The van der Waals surface area contributed by atoms with E-state index in [0.29, 0.717) is 17.4 Å². The number of rotatable bonds is 6. The average Bonchev–Trinajstić information content (AvgIpc) is 2.54. The van der Waals surface area contributed by atoms with Gasteiger partial charge in [0.25, 0.3) is 0 Å². The first kappa shape index (κ1) is 19.7. The smallest absolute Gasteiger partial charge is 0.242 e. The van der Waals surface area contributed by atoms with Crippen molar-refractivity contribution in [3.8, 4) is 5.75 Å². The van der Waals surface area contributed by atoms with E-state index in [1.54, 1.807) is 6.07 Å². The molecule has 140 valence electrons. The van der Waals surface area contributed by atoms with Crippen molar-refractivity contribution in [3.63, 3.8) is 0 Å². The van der Waals surface area contributed by atoms with Gasteiger partial charge in [0.1, 0.15) is 5.75 Å². The Morgan fingerprint density at radius 1 is 1.40 bits per heavy atom. The molecule has 1 heterocycles. The van der Waals surface area contributed by atoms with Crippen molar-refractivity contribution in [1.82, 2.24) is 9.21 Å². The number of nitrogens with one attached hydrogen (secondary N) is 1. The molecule has 1 N–H and O–H groups in total. The maximum atomic E-state index is 12.4. The van der Waals surface area contributed by atoms with Crippen molar-refractivity contribution >= 4 is 21.6 Å². The van der Waals surface area contributed by atoms with E-state index in [1.807, 2.05) is 0 Å². The van der Waals surface area contributed by atoms with Crippen LogP contribution in [-0.2, 0) is 14.8 Å². The first-order valence-corrected chi connectivity index (χ1v) is 9.81. The number of sulfonamides is 1. The molecule has 0 aliphatic carbocycles. The van der Waals surface area contributed by atoms with Gasteiger partial charge in [-0.15, -0.1) is 0 Å². The number of methoxy groups -OCH3 is 1. The Labute approximate surface area is 150 Å². The first-order chi connectivity index (χ1) is 11.7. The van der Waals surface area contributed by atoms with E-state index in [0.717, 1.165) is 23.8 Å². The van der Waals surface area contributed by atoms with E-state index < -0.39 is 10.0 Å². The monoisotopic (exact) mass is 369 g/mol. The number of amides is 1. The van der Waals surface area contributed by atoms with Gasteiger partial charge < -0.3 is 10.1 Å². The molecule has 1 saturated heterocycles. The molecule has 0 spiro atoms. The minimum absolute atomic E-state index is 0.111. The van der Waals surface area contributed by atoms with Crippen molar-refractivity contribution in [3.05, 3.63) is 18.2 Å². The lowest BCUT2D eigenvalue weighted by Crippen LogP contribution is -2.39. The van der Waals surface area contributed by atoms with Gasteiger partial charge in [0.05, 0.1) is 24.2 Å². The zero-order valence-electron chi connectivity index (χ0n) is 15.3. The lowest BCUT2D eigenvalue weighted by atomic mass is 10.0. The topological polar surface area (TPSA) is 79.0 Å².